The molecule has 1 amide bonds. The number of aromatic amines is 1. The summed E-state index contributed by atoms with van der Waals surface area (Å²) in [5.74, 6) is -0.152. The van der Waals surface area contributed by atoms with Crippen molar-refractivity contribution in [1.82, 2.24) is 10.2 Å². The lowest BCUT2D eigenvalue weighted by Gasteiger charge is -2.07. The number of benzene rings is 2. The fraction of sp³-hybridized carbons (Fsp3) is 0.125. The van der Waals surface area contributed by atoms with E-state index in [0.717, 1.165) is 11.3 Å². The summed E-state index contributed by atoms with van der Waals surface area (Å²) in [4.78, 5) is 12.4. The Hall–Kier alpha value is -2.69. The van der Waals surface area contributed by atoms with Gasteiger partial charge in [-0.3, -0.25) is 9.89 Å². The summed E-state index contributed by atoms with van der Waals surface area (Å²) >= 11 is 0. The van der Waals surface area contributed by atoms with Gasteiger partial charge in [0.15, 0.2) is 5.82 Å². The van der Waals surface area contributed by atoms with Crippen LogP contribution in [0.1, 0.15) is 21.6 Å². The summed E-state index contributed by atoms with van der Waals surface area (Å²) in [5.41, 5.74) is 2.20. The first-order valence-electron chi connectivity index (χ1n) is 6.58. The Bertz CT molecular complexity index is 839. The number of nitrogens with one attached hydrogen (secondary N) is 2. The lowest BCUT2D eigenvalue weighted by molar-refractivity contribution is 0.102. The molecule has 0 spiro atoms. The van der Waals surface area contributed by atoms with E-state index in [1.165, 1.54) is 12.1 Å². The molecule has 0 atom stereocenters. The van der Waals surface area contributed by atoms with E-state index in [0.29, 0.717) is 22.2 Å². The number of rotatable bonds is 2. The number of halogens is 1. The molecule has 3 rings (SSSR count). The second-order valence-electron chi connectivity index (χ2n) is 4.92. The predicted octanol–water partition coefficient (Wildman–Crippen LogP) is 3.57. The Morgan fingerprint density at radius 2 is 1.86 bits per heavy atom. The smallest absolute Gasteiger partial charge is 0.257 e. The van der Waals surface area contributed by atoms with Crippen molar-refractivity contribution in [2.45, 2.75) is 13.8 Å². The minimum atomic E-state index is -0.339. The summed E-state index contributed by atoms with van der Waals surface area (Å²) in [6, 6.07) is 9.71. The number of anilines is 1. The molecule has 0 saturated heterocycles. The van der Waals surface area contributed by atoms with Gasteiger partial charge in [0.1, 0.15) is 5.82 Å². The Morgan fingerprint density at radius 3 is 2.52 bits per heavy atom. The predicted molar refractivity (Wildman–Crippen MR) is 79.9 cm³/mol. The van der Waals surface area contributed by atoms with Crippen molar-refractivity contribution in [3.05, 3.63) is 59.0 Å². The van der Waals surface area contributed by atoms with E-state index in [-0.39, 0.29) is 11.7 Å². The molecule has 0 bridgehead atoms. The lowest BCUT2D eigenvalue weighted by Crippen LogP contribution is -2.13. The molecule has 2 N–H and O–H groups in total. The van der Waals surface area contributed by atoms with Crippen LogP contribution < -0.4 is 5.32 Å². The average molecular weight is 283 g/mol. The molecule has 106 valence electrons. The molecular weight excluding hydrogens is 269 g/mol. The molecule has 0 aliphatic heterocycles. The SMILES string of the molecule is Cc1[nH]nc(NC(=O)c2ccc(F)c3ccccc23)c1C. The van der Waals surface area contributed by atoms with E-state index in [9.17, 15) is 9.18 Å². The number of aryl methyl sites for hydroxylation is 1. The highest BCUT2D eigenvalue weighted by Crippen LogP contribution is 2.23. The molecule has 0 aliphatic carbocycles. The van der Waals surface area contributed by atoms with E-state index >= 15 is 0 Å². The topological polar surface area (TPSA) is 57.8 Å². The summed E-state index contributed by atoms with van der Waals surface area (Å²) < 4.78 is 13.8. The first kappa shape index (κ1) is 13.3. The fourth-order valence-electron chi connectivity index (χ4n) is 2.24. The third-order valence-electron chi connectivity index (χ3n) is 3.60. The quantitative estimate of drug-likeness (QED) is 0.755. The van der Waals surface area contributed by atoms with Gasteiger partial charge in [0.25, 0.3) is 5.91 Å². The second-order valence-corrected chi connectivity index (χ2v) is 4.92. The number of fused-ring (bicyclic) bond motifs is 1. The van der Waals surface area contributed by atoms with Crippen LogP contribution in [0, 0.1) is 19.7 Å². The number of hydrogen-bond acceptors (Lipinski definition) is 2. The van der Waals surface area contributed by atoms with Gasteiger partial charge in [-0.2, -0.15) is 5.10 Å². The molecule has 0 saturated carbocycles. The summed E-state index contributed by atoms with van der Waals surface area (Å²) in [5, 5.41) is 10.6. The fourth-order valence-corrected chi connectivity index (χ4v) is 2.24. The van der Waals surface area contributed by atoms with Gasteiger partial charge < -0.3 is 5.32 Å². The number of carbonyl (C=O) groups is 1. The Morgan fingerprint density at radius 1 is 1.14 bits per heavy atom. The maximum absolute atomic E-state index is 13.8. The zero-order chi connectivity index (χ0) is 15.0. The monoisotopic (exact) mass is 283 g/mol. The molecule has 1 heterocycles. The molecule has 5 heteroatoms. The minimum Gasteiger partial charge on any atom is -0.305 e. The first-order chi connectivity index (χ1) is 10.1. The Kier molecular flexibility index (Phi) is 3.17. The molecule has 0 fully saturated rings. The molecule has 4 nitrogen and oxygen atoms in total. The van der Waals surface area contributed by atoms with Gasteiger partial charge in [-0.05, 0) is 31.4 Å². The van der Waals surface area contributed by atoms with Crippen LogP contribution in [0.3, 0.4) is 0 Å². The highest BCUT2D eigenvalue weighted by Gasteiger charge is 2.15. The van der Waals surface area contributed by atoms with Crippen LogP contribution in [0.15, 0.2) is 36.4 Å². The van der Waals surface area contributed by atoms with Gasteiger partial charge in [-0.25, -0.2) is 4.39 Å². The normalized spacial score (nSPS) is 10.8. The van der Waals surface area contributed by atoms with Gasteiger partial charge in [0.2, 0.25) is 0 Å². The van der Waals surface area contributed by atoms with Crippen LogP contribution in [0.5, 0.6) is 0 Å². The van der Waals surface area contributed by atoms with Crippen LogP contribution in [-0.4, -0.2) is 16.1 Å². The largest absolute Gasteiger partial charge is 0.305 e. The summed E-state index contributed by atoms with van der Waals surface area (Å²) in [6.45, 7) is 3.75. The van der Waals surface area contributed by atoms with Crippen molar-refractivity contribution in [2.24, 2.45) is 0 Å². The summed E-state index contributed by atoms with van der Waals surface area (Å²) in [6.07, 6.45) is 0. The molecule has 0 unspecified atom stereocenters. The molecule has 1 aromatic heterocycles. The number of amides is 1. The zero-order valence-corrected chi connectivity index (χ0v) is 11.7. The maximum atomic E-state index is 13.8. The second kappa shape index (κ2) is 5.01. The Labute approximate surface area is 121 Å². The van der Waals surface area contributed by atoms with Gasteiger partial charge in [0.05, 0.1) is 0 Å². The van der Waals surface area contributed by atoms with Crippen molar-refractivity contribution >= 4 is 22.5 Å². The molecular formula is C16H14FN3O. The highest BCUT2D eigenvalue weighted by molar-refractivity contribution is 6.12. The number of hydrogen-bond donors (Lipinski definition) is 2. The zero-order valence-electron chi connectivity index (χ0n) is 11.7. The number of nitrogens with zero attached hydrogens (tertiary/aromatic N) is 1. The van der Waals surface area contributed by atoms with Crippen LogP contribution in [-0.2, 0) is 0 Å². The molecule has 3 aromatic rings. The van der Waals surface area contributed by atoms with E-state index in [2.05, 4.69) is 15.5 Å². The van der Waals surface area contributed by atoms with Crippen molar-refractivity contribution in [1.29, 1.82) is 0 Å². The highest BCUT2D eigenvalue weighted by atomic mass is 19.1. The molecule has 2 aromatic carbocycles. The van der Waals surface area contributed by atoms with Gasteiger partial charge >= 0.3 is 0 Å². The van der Waals surface area contributed by atoms with E-state index in [1.807, 2.05) is 13.8 Å². The number of H-pyrrole nitrogens is 1. The molecule has 0 aliphatic rings. The third kappa shape index (κ3) is 2.27. The average Bonchev–Trinajstić information content (AvgIpc) is 2.80. The third-order valence-corrected chi connectivity index (χ3v) is 3.60. The molecule has 0 radical (unpaired) electrons. The van der Waals surface area contributed by atoms with E-state index < -0.39 is 0 Å². The van der Waals surface area contributed by atoms with Crippen LogP contribution in [0.25, 0.3) is 10.8 Å². The van der Waals surface area contributed by atoms with Crippen LogP contribution >= 0.6 is 0 Å². The van der Waals surface area contributed by atoms with Gasteiger partial charge in [-0.1, -0.05) is 24.3 Å². The van der Waals surface area contributed by atoms with Crippen LogP contribution in [0.2, 0.25) is 0 Å². The van der Waals surface area contributed by atoms with Gasteiger partial charge in [-0.15, -0.1) is 0 Å². The number of carbonyl (C=O) groups excluding carboxylic acids is 1. The van der Waals surface area contributed by atoms with Crippen molar-refractivity contribution in [2.75, 3.05) is 5.32 Å². The first-order valence-corrected chi connectivity index (χ1v) is 6.58. The lowest BCUT2D eigenvalue weighted by atomic mass is 10.0. The molecule has 21 heavy (non-hydrogen) atoms. The van der Waals surface area contributed by atoms with Gasteiger partial charge in [0, 0.05) is 22.2 Å². The van der Waals surface area contributed by atoms with Crippen molar-refractivity contribution in [3.63, 3.8) is 0 Å². The van der Waals surface area contributed by atoms with E-state index in [4.69, 9.17) is 0 Å². The van der Waals surface area contributed by atoms with Crippen molar-refractivity contribution < 1.29 is 9.18 Å². The maximum Gasteiger partial charge on any atom is 0.257 e. The standard InChI is InChI=1S/C16H14FN3O/c1-9-10(2)19-20-15(9)18-16(21)13-7-8-14(17)12-6-4-3-5-11(12)13/h3-8H,1-2H3,(H2,18,19,20,21). The van der Waals surface area contributed by atoms with Crippen LogP contribution in [0.4, 0.5) is 10.2 Å². The summed E-state index contributed by atoms with van der Waals surface area (Å²) in [7, 11) is 0. The number of aromatic nitrogens is 2. The van der Waals surface area contributed by atoms with E-state index in [1.54, 1.807) is 24.3 Å². The minimum absolute atomic E-state index is 0.305. The Balaban J connectivity index is 2.03. The van der Waals surface area contributed by atoms with Crippen molar-refractivity contribution in [3.8, 4) is 0 Å².